The Balaban J connectivity index is 1.37. The molecule has 0 spiro atoms. The van der Waals surface area contributed by atoms with E-state index in [-0.39, 0.29) is 12.5 Å². The number of piperidine rings is 1. The number of rotatable bonds is 9. The first-order valence-corrected chi connectivity index (χ1v) is 10.3. The third kappa shape index (κ3) is 6.57. The van der Waals surface area contributed by atoms with Gasteiger partial charge in [-0.15, -0.1) is 0 Å². The van der Waals surface area contributed by atoms with Crippen molar-refractivity contribution in [1.29, 1.82) is 0 Å². The first-order valence-electron chi connectivity index (χ1n) is 10.3. The van der Waals surface area contributed by atoms with E-state index in [1.165, 1.54) is 37.9 Å². The molecule has 150 valence electrons. The van der Waals surface area contributed by atoms with Gasteiger partial charge in [0.05, 0.1) is 19.7 Å². The second-order valence-corrected chi connectivity index (χ2v) is 7.27. The summed E-state index contributed by atoms with van der Waals surface area (Å²) in [6, 6.07) is 15.9. The minimum absolute atomic E-state index is 0.00435. The standard InChI is InChI=1S/C23H30N2O3/c1-2-27-21-10-12-22(13-11-21)28-18-23(26)24-16-19-6-8-20(9-7-19)17-25-14-4-3-5-15-25/h6-13H,2-5,14-18H2,1H3,(H,24,26)/p+1. The fraction of sp³-hybridized carbons (Fsp3) is 0.435. The van der Waals surface area contributed by atoms with Crippen LogP contribution in [0.5, 0.6) is 11.5 Å². The topological polar surface area (TPSA) is 52.0 Å². The molecular formula is C23H31N2O3+. The molecule has 28 heavy (non-hydrogen) atoms. The third-order valence-electron chi connectivity index (χ3n) is 5.03. The molecule has 1 aliphatic rings. The largest absolute Gasteiger partial charge is 0.494 e. The lowest BCUT2D eigenvalue weighted by Crippen LogP contribution is -3.11. The molecule has 0 bridgehead atoms. The molecule has 5 nitrogen and oxygen atoms in total. The van der Waals surface area contributed by atoms with Crippen LogP contribution >= 0.6 is 0 Å². The molecule has 0 aromatic heterocycles. The number of likely N-dealkylation sites (tertiary alicyclic amines) is 1. The summed E-state index contributed by atoms with van der Waals surface area (Å²) >= 11 is 0. The smallest absolute Gasteiger partial charge is 0.258 e. The summed E-state index contributed by atoms with van der Waals surface area (Å²) in [5, 5.41) is 2.91. The molecule has 1 saturated heterocycles. The number of carbonyl (C=O) groups excluding carboxylic acids is 1. The first-order chi connectivity index (χ1) is 13.7. The van der Waals surface area contributed by atoms with Crippen molar-refractivity contribution < 1.29 is 19.2 Å². The maximum atomic E-state index is 12.0. The van der Waals surface area contributed by atoms with E-state index in [9.17, 15) is 4.79 Å². The molecule has 1 fully saturated rings. The highest BCUT2D eigenvalue weighted by atomic mass is 16.5. The minimum atomic E-state index is -0.129. The molecule has 3 rings (SSSR count). The van der Waals surface area contributed by atoms with Crippen molar-refractivity contribution >= 4 is 5.91 Å². The summed E-state index contributed by atoms with van der Waals surface area (Å²) < 4.78 is 10.9. The van der Waals surface area contributed by atoms with Crippen LogP contribution in [-0.2, 0) is 17.9 Å². The van der Waals surface area contributed by atoms with Gasteiger partial charge >= 0.3 is 0 Å². The van der Waals surface area contributed by atoms with E-state index >= 15 is 0 Å². The highest BCUT2D eigenvalue weighted by Crippen LogP contribution is 2.17. The van der Waals surface area contributed by atoms with Crippen molar-refractivity contribution in [2.75, 3.05) is 26.3 Å². The number of quaternary nitrogens is 1. The monoisotopic (exact) mass is 383 g/mol. The molecule has 0 radical (unpaired) electrons. The second kappa shape index (κ2) is 10.7. The highest BCUT2D eigenvalue weighted by molar-refractivity contribution is 5.77. The van der Waals surface area contributed by atoms with Gasteiger partial charge in [-0.25, -0.2) is 0 Å². The Morgan fingerprint density at radius 1 is 0.893 bits per heavy atom. The summed E-state index contributed by atoms with van der Waals surface area (Å²) in [6.07, 6.45) is 4.07. The third-order valence-corrected chi connectivity index (χ3v) is 5.03. The van der Waals surface area contributed by atoms with Gasteiger partial charge in [0.25, 0.3) is 5.91 Å². The molecule has 5 heteroatoms. The molecular weight excluding hydrogens is 352 g/mol. The van der Waals surface area contributed by atoms with Crippen molar-refractivity contribution in [1.82, 2.24) is 5.32 Å². The van der Waals surface area contributed by atoms with E-state index < -0.39 is 0 Å². The van der Waals surface area contributed by atoms with E-state index in [4.69, 9.17) is 9.47 Å². The van der Waals surface area contributed by atoms with Crippen LogP contribution < -0.4 is 19.7 Å². The van der Waals surface area contributed by atoms with E-state index in [0.29, 0.717) is 18.9 Å². The number of hydrogen-bond donors (Lipinski definition) is 2. The fourth-order valence-corrected chi connectivity index (χ4v) is 3.49. The van der Waals surface area contributed by atoms with Crippen LogP contribution in [0.4, 0.5) is 0 Å². The number of amides is 1. The molecule has 2 aromatic rings. The number of nitrogens with one attached hydrogen (secondary N) is 2. The van der Waals surface area contributed by atoms with Crippen molar-refractivity contribution in [3.8, 4) is 11.5 Å². The zero-order chi connectivity index (χ0) is 19.6. The number of benzene rings is 2. The average molecular weight is 384 g/mol. The fourth-order valence-electron chi connectivity index (χ4n) is 3.49. The maximum absolute atomic E-state index is 12.0. The normalized spacial score (nSPS) is 14.5. The van der Waals surface area contributed by atoms with E-state index in [2.05, 4.69) is 29.6 Å². The van der Waals surface area contributed by atoms with E-state index in [1.54, 1.807) is 17.0 Å². The summed E-state index contributed by atoms with van der Waals surface area (Å²) in [4.78, 5) is 13.7. The SMILES string of the molecule is CCOc1ccc(OCC(=O)NCc2ccc(C[NH+]3CCCCC3)cc2)cc1. The van der Waals surface area contributed by atoms with Crippen LogP contribution in [0.2, 0.25) is 0 Å². The van der Waals surface area contributed by atoms with Gasteiger partial charge in [-0.3, -0.25) is 4.79 Å². The van der Waals surface area contributed by atoms with Crippen molar-refractivity contribution in [2.24, 2.45) is 0 Å². The zero-order valence-electron chi connectivity index (χ0n) is 16.7. The van der Waals surface area contributed by atoms with Gasteiger partial charge in [0.1, 0.15) is 18.0 Å². The molecule has 1 amide bonds. The van der Waals surface area contributed by atoms with E-state index in [1.807, 2.05) is 19.1 Å². The van der Waals surface area contributed by atoms with Gasteiger partial charge in [0, 0.05) is 12.1 Å². The van der Waals surface area contributed by atoms with E-state index in [0.717, 1.165) is 17.9 Å². The van der Waals surface area contributed by atoms with Gasteiger partial charge in [-0.05, 0) is 56.0 Å². The van der Waals surface area contributed by atoms with Crippen molar-refractivity contribution in [2.45, 2.75) is 39.3 Å². The Morgan fingerprint density at radius 2 is 1.50 bits per heavy atom. The first kappa shape index (κ1) is 20.2. The van der Waals surface area contributed by atoms with Crippen LogP contribution in [0.3, 0.4) is 0 Å². The quantitative estimate of drug-likeness (QED) is 0.699. The lowest BCUT2D eigenvalue weighted by atomic mass is 10.1. The lowest BCUT2D eigenvalue weighted by Gasteiger charge is -2.23. The Labute approximate surface area is 167 Å². The average Bonchev–Trinajstić information content (AvgIpc) is 2.74. The summed E-state index contributed by atoms with van der Waals surface area (Å²) in [6.45, 7) is 6.76. The summed E-state index contributed by atoms with van der Waals surface area (Å²) in [5.74, 6) is 1.32. The van der Waals surface area contributed by atoms with Crippen LogP contribution in [0.1, 0.15) is 37.3 Å². The highest BCUT2D eigenvalue weighted by Gasteiger charge is 2.13. The zero-order valence-corrected chi connectivity index (χ0v) is 16.7. The number of hydrogen-bond acceptors (Lipinski definition) is 3. The second-order valence-electron chi connectivity index (χ2n) is 7.27. The Bertz CT molecular complexity index is 723. The van der Waals surface area contributed by atoms with Gasteiger partial charge < -0.3 is 19.7 Å². The molecule has 0 unspecified atom stereocenters. The Kier molecular flexibility index (Phi) is 7.73. The summed E-state index contributed by atoms with van der Waals surface area (Å²) in [5.41, 5.74) is 2.47. The molecule has 0 atom stereocenters. The maximum Gasteiger partial charge on any atom is 0.258 e. The van der Waals surface area contributed by atoms with Crippen LogP contribution in [0.25, 0.3) is 0 Å². The molecule has 2 aromatic carbocycles. The molecule has 1 heterocycles. The lowest BCUT2D eigenvalue weighted by molar-refractivity contribution is -0.918. The predicted octanol–water partition coefficient (Wildman–Crippen LogP) is 2.35. The molecule has 2 N–H and O–H groups in total. The Hall–Kier alpha value is -2.53. The predicted molar refractivity (Wildman–Crippen MR) is 110 cm³/mol. The number of ether oxygens (including phenoxy) is 2. The summed E-state index contributed by atoms with van der Waals surface area (Å²) in [7, 11) is 0. The molecule has 0 aliphatic carbocycles. The van der Waals surface area contributed by atoms with Gasteiger partial charge in [0.15, 0.2) is 6.61 Å². The van der Waals surface area contributed by atoms with Crippen molar-refractivity contribution in [3.63, 3.8) is 0 Å². The minimum Gasteiger partial charge on any atom is -0.494 e. The molecule has 1 aliphatic heterocycles. The van der Waals surface area contributed by atoms with Gasteiger partial charge in [-0.1, -0.05) is 24.3 Å². The number of carbonyl (C=O) groups is 1. The van der Waals surface area contributed by atoms with Gasteiger partial charge in [0.2, 0.25) is 0 Å². The Morgan fingerprint density at radius 3 is 2.14 bits per heavy atom. The van der Waals surface area contributed by atoms with Crippen LogP contribution in [-0.4, -0.2) is 32.2 Å². The van der Waals surface area contributed by atoms with Crippen LogP contribution in [0.15, 0.2) is 48.5 Å². The van der Waals surface area contributed by atoms with Crippen LogP contribution in [0, 0.1) is 0 Å². The molecule has 0 saturated carbocycles. The van der Waals surface area contributed by atoms with Gasteiger partial charge in [-0.2, -0.15) is 0 Å². The van der Waals surface area contributed by atoms with Crippen molar-refractivity contribution in [3.05, 3.63) is 59.7 Å².